The Bertz CT molecular complexity index is 1090. The van der Waals surface area contributed by atoms with Crippen molar-refractivity contribution in [2.75, 3.05) is 32.8 Å². The van der Waals surface area contributed by atoms with Gasteiger partial charge in [-0.1, -0.05) is 0 Å². The van der Waals surface area contributed by atoms with Gasteiger partial charge in [0.2, 0.25) is 0 Å². The first-order chi connectivity index (χ1) is 16.4. The van der Waals surface area contributed by atoms with Gasteiger partial charge in [-0.15, -0.1) is 0 Å². The number of fused-ring (bicyclic) bond motifs is 1. The molecule has 2 aliphatic heterocycles. The number of nitro groups is 1. The molecular formula is C23H29N5O7. The van der Waals surface area contributed by atoms with Gasteiger partial charge in [-0.2, -0.15) is 0 Å². The minimum Gasteiger partial charge on any atom is -0.489 e. The maximum atomic E-state index is 12.9. The molecule has 1 unspecified atom stereocenters. The van der Waals surface area contributed by atoms with E-state index in [0.717, 1.165) is 0 Å². The SMILES string of the molecule is CC(C)(C)OC(=O)N1CCN(C(=O)c2ccc(OCC3(C)Cn4cc([N+](=O)[O-])nc4O3)cc2)CC1. The van der Waals surface area contributed by atoms with Crippen LogP contribution in [0.5, 0.6) is 11.8 Å². The molecule has 4 rings (SSSR count). The lowest BCUT2D eigenvalue weighted by atomic mass is 10.1. The van der Waals surface area contributed by atoms with E-state index in [1.54, 1.807) is 38.6 Å². The molecule has 0 aliphatic carbocycles. The number of benzene rings is 1. The molecule has 35 heavy (non-hydrogen) atoms. The molecule has 0 bridgehead atoms. The number of rotatable bonds is 5. The molecule has 0 radical (unpaired) electrons. The molecule has 2 aliphatic rings. The van der Waals surface area contributed by atoms with Crippen LogP contribution >= 0.6 is 0 Å². The molecule has 12 heteroatoms. The molecule has 0 N–H and O–H groups in total. The van der Waals surface area contributed by atoms with Crippen molar-refractivity contribution >= 4 is 17.8 Å². The summed E-state index contributed by atoms with van der Waals surface area (Å²) in [6.07, 6.45) is 0.974. The molecule has 0 saturated carbocycles. The zero-order valence-electron chi connectivity index (χ0n) is 20.2. The van der Waals surface area contributed by atoms with Crippen molar-refractivity contribution in [1.82, 2.24) is 19.4 Å². The van der Waals surface area contributed by atoms with Crippen LogP contribution in [0.25, 0.3) is 0 Å². The Labute approximate surface area is 202 Å². The fourth-order valence-electron chi connectivity index (χ4n) is 3.89. The number of piperazine rings is 1. The highest BCUT2D eigenvalue weighted by Gasteiger charge is 2.41. The number of imidazole rings is 1. The molecule has 1 aromatic heterocycles. The number of nitrogens with zero attached hydrogens (tertiary/aromatic N) is 5. The topological polar surface area (TPSA) is 129 Å². The monoisotopic (exact) mass is 487 g/mol. The zero-order chi connectivity index (χ0) is 25.4. The summed E-state index contributed by atoms with van der Waals surface area (Å²) >= 11 is 0. The Balaban J connectivity index is 1.27. The quantitative estimate of drug-likeness (QED) is 0.465. The number of hydrogen-bond donors (Lipinski definition) is 0. The van der Waals surface area contributed by atoms with Crippen LogP contribution in [0.2, 0.25) is 0 Å². The number of carbonyl (C=O) groups excluding carboxylic acids is 2. The molecule has 2 aromatic rings. The number of hydrogen-bond acceptors (Lipinski definition) is 8. The number of ether oxygens (including phenoxy) is 3. The van der Waals surface area contributed by atoms with Crippen LogP contribution in [0.15, 0.2) is 30.5 Å². The van der Waals surface area contributed by atoms with Gasteiger partial charge in [0.1, 0.15) is 24.2 Å². The number of aromatic nitrogens is 2. The summed E-state index contributed by atoms with van der Waals surface area (Å²) in [4.78, 5) is 42.6. The molecule has 188 valence electrons. The van der Waals surface area contributed by atoms with Crippen LogP contribution in [-0.4, -0.2) is 80.3 Å². The second-order valence-corrected chi connectivity index (χ2v) is 9.89. The first kappa shape index (κ1) is 24.3. The normalized spacial score (nSPS) is 19.7. The molecule has 1 fully saturated rings. The molecule has 2 amide bonds. The Kier molecular flexibility index (Phi) is 6.30. The molecule has 1 aromatic carbocycles. The van der Waals surface area contributed by atoms with E-state index in [2.05, 4.69) is 4.98 Å². The van der Waals surface area contributed by atoms with E-state index >= 15 is 0 Å². The van der Waals surface area contributed by atoms with Crippen molar-refractivity contribution in [2.24, 2.45) is 0 Å². The molecule has 1 atom stereocenters. The molecule has 0 spiro atoms. The third-order valence-corrected chi connectivity index (χ3v) is 5.62. The van der Waals surface area contributed by atoms with Crippen LogP contribution in [0.1, 0.15) is 38.1 Å². The first-order valence-corrected chi connectivity index (χ1v) is 11.3. The maximum Gasteiger partial charge on any atom is 0.415 e. The third kappa shape index (κ3) is 5.64. The second kappa shape index (κ2) is 9.08. The van der Waals surface area contributed by atoms with Gasteiger partial charge in [-0.3, -0.25) is 9.36 Å². The lowest BCUT2D eigenvalue weighted by Crippen LogP contribution is -2.51. The van der Waals surface area contributed by atoms with E-state index in [0.29, 0.717) is 44.0 Å². The average molecular weight is 488 g/mol. The van der Waals surface area contributed by atoms with E-state index < -0.39 is 16.1 Å². The fraction of sp³-hybridized carbons (Fsp3) is 0.522. The number of amides is 2. The van der Waals surface area contributed by atoms with E-state index in [1.165, 1.54) is 6.20 Å². The Morgan fingerprint density at radius 3 is 2.34 bits per heavy atom. The summed E-state index contributed by atoms with van der Waals surface area (Å²) in [5, 5.41) is 10.8. The Morgan fingerprint density at radius 2 is 1.77 bits per heavy atom. The highest BCUT2D eigenvalue weighted by Crippen LogP contribution is 2.31. The fourth-order valence-corrected chi connectivity index (χ4v) is 3.89. The van der Waals surface area contributed by atoms with Crippen molar-refractivity contribution in [3.05, 3.63) is 46.1 Å². The van der Waals surface area contributed by atoms with Crippen molar-refractivity contribution < 1.29 is 28.7 Å². The van der Waals surface area contributed by atoms with Gasteiger partial charge in [0.05, 0.1) is 6.54 Å². The van der Waals surface area contributed by atoms with E-state index in [4.69, 9.17) is 14.2 Å². The van der Waals surface area contributed by atoms with Gasteiger partial charge >= 0.3 is 17.9 Å². The summed E-state index contributed by atoms with van der Waals surface area (Å²) in [6, 6.07) is 7.02. The van der Waals surface area contributed by atoms with Gasteiger partial charge < -0.3 is 34.1 Å². The smallest absolute Gasteiger partial charge is 0.415 e. The van der Waals surface area contributed by atoms with Crippen molar-refractivity contribution in [2.45, 2.75) is 45.4 Å². The standard InChI is InChI=1S/C23H29N5O7/c1-22(2,3)35-21(30)26-11-9-25(10-12-26)19(29)16-5-7-17(8-6-16)33-15-23(4)14-27-13-18(28(31)32)24-20(27)34-23/h5-8,13H,9-12,14-15H2,1-4H3. The number of carbonyl (C=O) groups is 2. The van der Waals surface area contributed by atoms with E-state index in [-0.39, 0.29) is 30.4 Å². The van der Waals surface area contributed by atoms with Gasteiger partial charge in [0, 0.05) is 36.7 Å². The van der Waals surface area contributed by atoms with E-state index in [1.807, 2.05) is 27.7 Å². The van der Waals surface area contributed by atoms with Crippen LogP contribution in [-0.2, 0) is 11.3 Å². The second-order valence-electron chi connectivity index (χ2n) is 9.89. The summed E-state index contributed by atoms with van der Waals surface area (Å²) in [6.45, 7) is 9.56. The lowest BCUT2D eigenvalue weighted by Gasteiger charge is -2.35. The van der Waals surface area contributed by atoms with Crippen molar-refractivity contribution in [3.63, 3.8) is 0 Å². The minimum absolute atomic E-state index is 0.113. The van der Waals surface area contributed by atoms with Crippen LogP contribution in [0, 0.1) is 10.1 Å². The molecule has 3 heterocycles. The van der Waals surface area contributed by atoms with Gasteiger partial charge in [0.25, 0.3) is 5.91 Å². The van der Waals surface area contributed by atoms with Crippen LogP contribution in [0.4, 0.5) is 10.6 Å². The van der Waals surface area contributed by atoms with Crippen molar-refractivity contribution in [3.8, 4) is 11.8 Å². The van der Waals surface area contributed by atoms with E-state index in [9.17, 15) is 19.7 Å². The average Bonchev–Trinajstić information content (AvgIpc) is 3.32. The Morgan fingerprint density at radius 1 is 1.14 bits per heavy atom. The van der Waals surface area contributed by atoms with Gasteiger partial charge in [0.15, 0.2) is 5.60 Å². The van der Waals surface area contributed by atoms with Crippen molar-refractivity contribution in [1.29, 1.82) is 0 Å². The largest absolute Gasteiger partial charge is 0.489 e. The summed E-state index contributed by atoms with van der Waals surface area (Å²) in [7, 11) is 0. The first-order valence-electron chi connectivity index (χ1n) is 11.3. The maximum absolute atomic E-state index is 12.9. The Hall–Kier alpha value is -3.83. The van der Waals surface area contributed by atoms with Gasteiger partial charge in [-0.25, -0.2) is 4.79 Å². The summed E-state index contributed by atoms with van der Waals surface area (Å²) < 4.78 is 18.6. The molecule has 1 saturated heterocycles. The highest BCUT2D eigenvalue weighted by molar-refractivity contribution is 5.94. The lowest BCUT2D eigenvalue weighted by molar-refractivity contribution is -0.389. The minimum atomic E-state index is -0.722. The molecule has 12 nitrogen and oxygen atoms in total. The van der Waals surface area contributed by atoms with Crippen LogP contribution < -0.4 is 9.47 Å². The zero-order valence-corrected chi connectivity index (χ0v) is 20.2. The third-order valence-electron chi connectivity index (χ3n) is 5.62. The predicted octanol–water partition coefficient (Wildman–Crippen LogP) is 2.71. The molecular weight excluding hydrogens is 458 g/mol. The highest BCUT2D eigenvalue weighted by atomic mass is 16.6. The predicted molar refractivity (Wildman–Crippen MR) is 124 cm³/mol. The van der Waals surface area contributed by atoms with Gasteiger partial charge in [-0.05, 0) is 56.9 Å². The summed E-state index contributed by atoms with van der Waals surface area (Å²) in [5.41, 5.74) is -0.754. The van der Waals surface area contributed by atoms with Crippen LogP contribution in [0.3, 0.4) is 0 Å². The summed E-state index contributed by atoms with van der Waals surface area (Å²) in [5.74, 6) is 0.199.